The van der Waals surface area contributed by atoms with E-state index in [9.17, 15) is 27.3 Å². The number of benzene rings is 2. The van der Waals surface area contributed by atoms with Crippen LogP contribution >= 0.6 is 0 Å². The second-order valence-electron chi connectivity index (χ2n) is 11.5. The van der Waals surface area contributed by atoms with Crippen molar-refractivity contribution >= 4 is 39.4 Å². The maximum atomic E-state index is 13.5. The molecule has 1 fully saturated rings. The number of hydrogen-bond acceptors (Lipinski definition) is 7. The lowest BCUT2D eigenvalue weighted by Crippen LogP contribution is -2.23. The molecule has 3 aromatic heterocycles. The molecule has 246 valence electrons. The Morgan fingerprint density at radius 1 is 1.11 bits per heavy atom. The Hall–Kier alpha value is -4.92. The number of anilines is 2. The molecule has 0 spiro atoms. The molecule has 1 aliphatic rings. The van der Waals surface area contributed by atoms with E-state index in [1.54, 1.807) is 55.3 Å². The molecule has 2 unspecified atom stereocenters. The summed E-state index contributed by atoms with van der Waals surface area (Å²) in [6, 6.07) is 10.5. The highest BCUT2D eigenvalue weighted by molar-refractivity contribution is 7.86. The van der Waals surface area contributed by atoms with E-state index in [4.69, 9.17) is 15.6 Å². The highest BCUT2D eigenvalue weighted by Gasteiger charge is 2.28. The molecule has 0 aliphatic heterocycles. The lowest BCUT2D eigenvalue weighted by atomic mass is 9.86. The monoisotopic (exact) mass is 667 g/mol. The van der Waals surface area contributed by atoms with Crippen LogP contribution in [0.5, 0.6) is 5.75 Å². The molecule has 0 bridgehead atoms. The van der Waals surface area contributed by atoms with Crippen LogP contribution in [0.25, 0.3) is 33.3 Å². The fourth-order valence-electron chi connectivity index (χ4n) is 6.01. The Kier molecular flexibility index (Phi) is 8.90. The summed E-state index contributed by atoms with van der Waals surface area (Å²) in [5.74, 6) is -4.31. The van der Waals surface area contributed by atoms with Crippen LogP contribution in [0.15, 0.2) is 61.1 Å². The zero-order valence-corrected chi connectivity index (χ0v) is 26.3. The van der Waals surface area contributed by atoms with Gasteiger partial charge in [0.2, 0.25) is 0 Å². The molecular formula is C32H32F3N7O4S. The zero-order valence-electron chi connectivity index (χ0n) is 25.4. The van der Waals surface area contributed by atoms with Crippen molar-refractivity contribution in [1.82, 2.24) is 24.5 Å². The average Bonchev–Trinajstić information content (AvgIpc) is 3.68. The third kappa shape index (κ3) is 6.52. The number of hydrogen-bond donors (Lipinski definition) is 3. The first kappa shape index (κ1) is 32.0. The number of nitrogens with two attached hydrogens (primary N) is 1. The molecule has 0 saturated heterocycles. The quantitative estimate of drug-likeness (QED) is 0.153. The summed E-state index contributed by atoms with van der Waals surface area (Å²) < 4.78 is 64.0. The van der Waals surface area contributed by atoms with Crippen molar-refractivity contribution in [3.8, 4) is 28.1 Å². The molecule has 15 heteroatoms. The van der Waals surface area contributed by atoms with E-state index in [1.165, 1.54) is 18.2 Å². The van der Waals surface area contributed by atoms with Crippen molar-refractivity contribution in [3.05, 3.63) is 72.4 Å². The topological polar surface area (TPSA) is 150 Å². The smallest absolute Gasteiger partial charge is 0.330 e. The van der Waals surface area contributed by atoms with Gasteiger partial charge in [-0.15, -0.1) is 0 Å². The number of aromatic nitrogens is 5. The van der Waals surface area contributed by atoms with E-state index in [0.717, 1.165) is 11.1 Å². The Morgan fingerprint density at radius 2 is 1.83 bits per heavy atom. The number of fused-ring (bicyclic) bond motifs is 1. The predicted octanol–water partition coefficient (Wildman–Crippen LogP) is 6.47. The number of ether oxygens (including phenoxy) is 1. The van der Waals surface area contributed by atoms with Crippen molar-refractivity contribution in [2.24, 2.45) is 13.0 Å². The van der Waals surface area contributed by atoms with Gasteiger partial charge in [0.15, 0.2) is 11.0 Å². The van der Waals surface area contributed by atoms with Gasteiger partial charge in [-0.3, -0.25) is 18.9 Å². The third-order valence-corrected chi connectivity index (χ3v) is 9.24. The molecule has 11 nitrogen and oxygen atoms in total. The maximum Gasteiger partial charge on any atom is 0.330 e. The van der Waals surface area contributed by atoms with E-state index in [2.05, 4.69) is 14.8 Å². The average molecular weight is 668 g/mol. The van der Waals surface area contributed by atoms with E-state index in [1.807, 2.05) is 10.9 Å². The largest absolute Gasteiger partial charge is 0.484 e. The number of aryl methyl sites for hydroxylation is 1. The van der Waals surface area contributed by atoms with Crippen molar-refractivity contribution in [1.29, 1.82) is 0 Å². The van der Waals surface area contributed by atoms with Gasteiger partial charge >= 0.3 is 11.7 Å². The standard InChI is InChI=1S/C32H32F3N7O4S/c1-17(18-3-8-22(33)9-4-18)46-26-13-20(7-12-25(26)40-47(45)32(34)35)28-27-29(41(2)39-28)24(15-37-30(27)36)21-14-38-42(16-21)23-10-5-19(6-11-23)31(43)44/h3-4,7-9,12-17,19,23,32,40H,5-6,10-11H2,1-2H3,(H2,36,37)(H,43,44). The summed E-state index contributed by atoms with van der Waals surface area (Å²) in [5.41, 5.74) is 10.3. The van der Waals surface area contributed by atoms with Gasteiger partial charge in [0.25, 0.3) is 0 Å². The molecule has 4 N–H and O–H groups in total. The van der Waals surface area contributed by atoms with E-state index < -0.39 is 34.6 Å². The Balaban J connectivity index is 1.37. The lowest BCUT2D eigenvalue weighted by molar-refractivity contribution is -0.143. The third-order valence-electron chi connectivity index (χ3n) is 8.49. The molecule has 0 radical (unpaired) electrons. The minimum Gasteiger partial charge on any atom is -0.484 e. The fraction of sp³-hybridized carbons (Fsp3) is 0.312. The number of rotatable bonds is 10. The van der Waals surface area contributed by atoms with Gasteiger partial charge in [0.1, 0.15) is 29.2 Å². The number of halogens is 3. The maximum absolute atomic E-state index is 13.5. The molecule has 2 aromatic carbocycles. The van der Waals surface area contributed by atoms with E-state index >= 15 is 0 Å². The molecule has 0 amide bonds. The first-order chi connectivity index (χ1) is 22.5. The Labute approximate surface area is 270 Å². The molecule has 5 aromatic rings. The van der Waals surface area contributed by atoms with Crippen molar-refractivity contribution in [3.63, 3.8) is 0 Å². The van der Waals surface area contributed by atoms with Crippen LogP contribution in [0, 0.1) is 11.7 Å². The van der Waals surface area contributed by atoms with Crippen LogP contribution in [-0.2, 0) is 22.8 Å². The zero-order chi connectivity index (χ0) is 33.4. The summed E-state index contributed by atoms with van der Waals surface area (Å²) in [5, 5.41) is 19.2. The summed E-state index contributed by atoms with van der Waals surface area (Å²) >= 11 is 0. The second kappa shape index (κ2) is 13.1. The Bertz CT molecular complexity index is 1960. The summed E-state index contributed by atoms with van der Waals surface area (Å²) in [6.45, 7) is 1.72. The first-order valence-corrected chi connectivity index (χ1v) is 16.1. The van der Waals surface area contributed by atoms with Gasteiger partial charge in [0, 0.05) is 36.1 Å². The van der Waals surface area contributed by atoms with Crippen LogP contribution in [0.4, 0.5) is 24.7 Å². The van der Waals surface area contributed by atoms with Gasteiger partial charge in [-0.1, -0.05) is 18.2 Å². The first-order valence-electron chi connectivity index (χ1n) is 14.9. The fourth-order valence-corrected chi connectivity index (χ4v) is 6.48. The highest BCUT2D eigenvalue weighted by atomic mass is 32.2. The van der Waals surface area contributed by atoms with Crippen molar-refractivity contribution in [2.75, 3.05) is 10.5 Å². The van der Waals surface area contributed by atoms with Gasteiger partial charge < -0.3 is 15.6 Å². The highest BCUT2D eigenvalue weighted by Crippen LogP contribution is 2.41. The number of nitrogens with one attached hydrogen (secondary N) is 1. The van der Waals surface area contributed by atoms with Crippen LogP contribution < -0.4 is 15.2 Å². The Morgan fingerprint density at radius 3 is 2.51 bits per heavy atom. The molecular weight excluding hydrogens is 635 g/mol. The second-order valence-corrected chi connectivity index (χ2v) is 12.6. The van der Waals surface area contributed by atoms with Gasteiger partial charge in [-0.25, -0.2) is 13.6 Å². The van der Waals surface area contributed by atoms with E-state index in [-0.39, 0.29) is 29.2 Å². The number of nitrogen functional groups attached to an aromatic ring is 1. The van der Waals surface area contributed by atoms with Gasteiger partial charge in [-0.05, 0) is 62.4 Å². The number of carbonyl (C=O) groups is 1. The lowest BCUT2D eigenvalue weighted by Gasteiger charge is -2.26. The number of carboxylic acid groups (broad SMARTS) is 1. The molecule has 2 atom stereocenters. The van der Waals surface area contributed by atoms with Gasteiger partial charge in [-0.2, -0.15) is 19.0 Å². The molecule has 47 heavy (non-hydrogen) atoms. The summed E-state index contributed by atoms with van der Waals surface area (Å²) in [4.78, 5) is 15.8. The van der Waals surface area contributed by atoms with Gasteiger partial charge in [0.05, 0.1) is 34.7 Å². The number of carboxylic acids is 1. The SMILES string of the molecule is CC(Oc1cc(-c2nn(C)c3c(-c4cnn(C5CCC(C(=O)O)CC5)c4)cnc(N)c23)ccc1NS(=O)C(F)F)c1ccc(F)cc1. The summed E-state index contributed by atoms with van der Waals surface area (Å²) in [7, 11) is -0.927. The number of aliphatic carboxylic acids is 1. The molecule has 3 heterocycles. The summed E-state index contributed by atoms with van der Waals surface area (Å²) in [6.07, 6.45) is 7.28. The van der Waals surface area contributed by atoms with Crippen LogP contribution in [0.3, 0.4) is 0 Å². The number of alkyl halides is 2. The molecule has 1 saturated carbocycles. The van der Waals surface area contributed by atoms with E-state index in [0.29, 0.717) is 53.4 Å². The normalized spacial score (nSPS) is 17.9. The number of nitrogens with zero attached hydrogens (tertiary/aromatic N) is 5. The van der Waals surface area contributed by atoms with Crippen molar-refractivity contribution < 1.29 is 32.0 Å². The molecule has 1 aliphatic carbocycles. The minimum absolute atomic E-state index is 0.0677. The minimum atomic E-state index is -3.13. The van der Waals surface area contributed by atoms with Crippen molar-refractivity contribution in [2.45, 2.75) is 50.5 Å². The number of pyridine rings is 1. The predicted molar refractivity (Wildman–Crippen MR) is 171 cm³/mol. The van der Waals surface area contributed by atoms with Crippen LogP contribution in [-0.4, -0.2) is 45.6 Å². The van der Waals surface area contributed by atoms with Crippen LogP contribution in [0.1, 0.15) is 50.3 Å². The van der Waals surface area contributed by atoms with Crippen LogP contribution in [0.2, 0.25) is 0 Å². The molecule has 6 rings (SSSR count).